The molecule has 2 aromatic rings. The van der Waals surface area contributed by atoms with E-state index in [4.69, 9.17) is 4.74 Å². The zero-order chi connectivity index (χ0) is 17.9. The number of hydrogen-bond acceptors (Lipinski definition) is 4. The van der Waals surface area contributed by atoms with Crippen molar-refractivity contribution in [1.82, 2.24) is 4.31 Å². The first-order valence-corrected chi connectivity index (χ1v) is 9.16. The van der Waals surface area contributed by atoms with Gasteiger partial charge in [0, 0.05) is 18.8 Å². The van der Waals surface area contributed by atoms with Crippen LogP contribution in [0.5, 0.6) is 0 Å². The number of sulfonamides is 1. The highest BCUT2D eigenvalue weighted by molar-refractivity contribution is 7.89. The molecule has 0 atom stereocenters. The fraction of sp³-hybridized carbons (Fsp3) is 0.235. The van der Waals surface area contributed by atoms with Gasteiger partial charge in [0.05, 0.1) is 23.7 Å². The molecule has 6 nitrogen and oxygen atoms in total. The number of carbonyl (C=O) groups excluding carboxylic acids is 1. The number of nitrogens with one attached hydrogen (secondary N) is 1. The Kier molecular flexibility index (Phi) is 5.12. The molecule has 8 heteroatoms. The number of carbonyl (C=O) groups is 1. The van der Waals surface area contributed by atoms with E-state index in [1.807, 2.05) is 0 Å². The lowest BCUT2D eigenvalue weighted by Gasteiger charge is -2.26. The number of ether oxygens (including phenoxy) is 1. The molecule has 0 bridgehead atoms. The van der Waals surface area contributed by atoms with Crippen molar-refractivity contribution in [2.45, 2.75) is 4.90 Å². The zero-order valence-corrected chi connectivity index (χ0v) is 14.1. The van der Waals surface area contributed by atoms with E-state index in [1.165, 1.54) is 34.6 Å². The summed E-state index contributed by atoms with van der Waals surface area (Å²) in [7, 11) is -3.82. The minimum absolute atomic E-state index is 0.0123. The molecule has 0 unspecified atom stereocenters. The molecule has 0 spiro atoms. The fourth-order valence-corrected chi connectivity index (χ4v) is 4.17. The van der Waals surface area contributed by atoms with Crippen LogP contribution in [0.15, 0.2) is 53.4 Å². The largest absolute Gasteiger partial charge is 0.379 e. The fourth-order valence-electron chi connectivity index (χ4n) is 2.57. The molecule has 0 radical (unpaired) electrons. The Labute approximate surface area is 145 Å². The van der Waals surface area contributed by atoms with Gasteiger partial charge < -0.3 is 10.1 Å². The molecule has 1 aliphatic rings. The first kappa shape index (κ1) is 17.5. The maximum Gasteiger partial charge on any atom is 0.257 e. The lowest BCUT2D eigenvalue weighted by atomic mass is 10.2. The normalized spacial score (nSPS) is 15.7. The molecule has 3 rings (SSSR count). The smallest absolute Gasteiger partial charge is 0.257 e. The second-order valence-electron chi connectivity index (χ2n) is 5.48. The predicted molar refractivity (Wildman–Crippen MR) is 90.4 cm³/mol. The first-order chi connectivity index (χ1) is 12.0. The average molecular weight is 364 g/mol. The first-order valence-electron chi connectivity index (χ1n) is 7.72. The third-order valence-corrected chi connectivity index (χ3v) is 5.76. The molecule has 1 fully saturated rings. The summed E-state index contributed by atoms with van der Waals surface area (Å²) in [6.07, 6.45) is 0. The van der Waals surface area contributed by atoms with Gasteiger partial charge in [0.2, 0.25) is 10.0 Å². The van der Waals surface area contributed by atoms with E-state index >= 15 is 0 Å². The number of rotatable bonds is 4. The van der Waals surface area contributed by atoms with Gasteiger partial charge in [0.15, 0.2) is 0 Å². The minimum Gasteiger partial charge on any atom is -0.379 e. The van der Waals surface area contributed by atoms with Gasteiger partial charge in [-0.1, -0.05) is 18.2 Å². The number of hydrogen-bond donors (Lipinski definition) is 1. The van der Waals surface area contributed by atoms with Crippen molar-refractivity contribution in [3.63, 3.8) is 0 Å². The molecule has 1 saturated heterocycles. The summed E-state index contributed by atoms with van der Waals surface area (Å²) in [5, 5.41) is 2.53. The molecule has 1 aliphatic heterocycles. The number of benzene rings is 2. The molecular formula is C17H17FN2O4S. The Hall–Kier alpha value is -2.29. The van der Waals surface area contributed by atoms with Crippen LogP contribution < -0.4 is 5.32 Å². The van der Waals surface area contributed by atoms with Gasteiger partial charge in [-0.25, -0.2) is 12.8 Å². The van der Waals surface area contributed by atoms with Crippen molar-refractivity contribution in [2.24, 2.45) is 0 Å². The van der Waals surface area contributed by atoms with E-state index < -0.39 is 21.7 Å². The average Bonchev–Trinajstić information content (AvgIpc) is 2.62. The monoisotopic (exact) mass is 364 g/mol. The molecule has 0 aromatic heterocycles. The van der Waals surface area contributed by atoms with E-state index in [0.717, 1.165) is 6.07 Å². The topological polar surface area (TPSA) is 75.7 Å². The molecule has 1 amide bonds. The quantitative estimate of drug-likeness (QED) is 0.901. The van der Waals surface area contributed by atoms with Gasteiger partial charge >= 0.3 is 0 Å². The van der Waals surface area contributed by atoms with Crippen LogP contribution in [-0.4, -0.2) is 44.9 Å². The van der Waals surface area contributed by atoms with Crippen molar-refractivity contribution < 1.29 is 22.3 Å². The second-order valence-corrected chi connectivity index (χ2v) is 7.38. The lowest BCUT2D eigenvalue weighted by molar-refractivity contribution is 0.0730. The molecule has 0 aliphatic carbocycles. The number of morpholine rings is 1. The maximum absolute atomic E-state index is 13.3. The maximum atomic E-state index is 13.3. The van der Waals surface area contributed by atoms with E-state index in [2.05, 4.69) is 5.32 Å². The minimum atomic E-state index is -3.82. The van der Waals surface area contributed by atoms with Gasteiger partial charge in [0.1, 0.15) is 5.82 Å². The van der Waals surface area contributed by atoms with E-state index in [1.54, 1.807) is 12.1 Å². The molecule has 1 N–H and O–H groups in total. The number of halogens is 1. The van der Waals surface area contributed by atoms with E-state index in [-0.39, 0.29) is 29.2 Å². The summed E-state index contributed by atoms with van der Waals surface area (Å²) in [6.45, 7) is 1.11. The summed E-state index contributed by atoms with van der Waals surface area (Å²) in [4.78, 5) is 12.5. The van der Waals surface area contributed by atoms with Crippen LogP contribution in [-0.2, 0) is 14.8 Å². The van der Waals surface area contributed by atoms with Gasteiger partial charge in [-0.15, -0.1) is 0 Å². The van der Waals surface area contributed by atoms with Gasteiger partial charge in [0.25, 0.3) is 5.91 Å². The Bertz CT molecular complexity index is 880. The Balaban J connectivity index is 1.91. The predicted octanol–water partition coefficient (Wildman–Crippen LogP) is 2.10. The zero-order valence-electron chi connectivity index (χ0n) is 13.3. The number of anilines is 1. The number of nitrogens with zero attached hydrogens (tertiary/aromatic N) is 1. The molecule has 0 saturated carbocycles. The molecule has 2 aromatic carbocycles. The van der Waals surface area contributed by atoms with Crippen molar-refractivity contribution in [1.29, 1.82) is 0 Å². The third kappa shape index (κ3) is 3.87. The summed E-state index contributed by atoms with van der Waals surface area (Å²) in [6, 6.07) is 11.4. The summed E-state index contributed by atoms with van der Waals surface area (Å²) < 4.78 is 45.4. The van der Waals surface area contributed by atoms with Crippen LogP contribution in [0.25, 0.3) is 0 Å². The molecule has 132 valence electrons. The summed E-state index contributed by atoms with van der Waals surface area (Å²) in [5.74, 6) is -1.11. The van der Waals surface area contributed by atoms with Crippen molar-refractivity contribution >= 4 is 21.6 Å². The van der Waals surface area contributed by atoms with Crippen molar-refractivity contribution in [3.8, 4) is 0 Å². The highest BCUT2D eigenvalue weighted by atomic mass is 32.2. The van der Waals surface area contributed by atoms with Gasteiger partial charge in [-0.2, -0.15) is 4.31 Å². The van der Waals surface area contributed by atoms with Crippen molar-refractivity contribution in [3.05, 3.63) is 59.9 Å². The van der Waals surface area contributed by atoms with Gasteiger partial charge in [-0.05, 0) is 30.3 Å². The van der Waals surface area contributed by atoms with Crippen LogP contribution in [0.3, 0.4) is 0 Å². The second kappa shape index (κ2) is 7.30. The van der Waals surface area contributed by atoms with Crippen LogP contribution in [0.2, 0.25) is 0 Å². The van der Waals surface area contributed by atoms with Crippen LogP contribution in [0.1, 0.15) is 10.4 Å². The summed E-state index contributed by atoms with van der Waals surface area (Å²) in [5.41, 5.74) is 0.266. The highest BCUT2D eigenvalue weighted by Crippen LogP contribution is 2.22. The molecular weight excluding hydrogens is 347 g/mol. The number of amides is 1. The lowest BCUT2D eigenvalue weighted by Crippen LogP contribution is -2.41. The highest BCUT2D eigenvalue weighted by Gasteiger charge is 2.30. The molecule has 25 heavy (non-hydrogen) atoms. The van der Waals surface area contributed by atoms with E-state index in [0.29, 0.717) is 13.2 Å². The van der Waals surface area contributed by atoms with Crippen LogP contribution in [0.4, 0.5) is 10.1 Å². The summed E-state index contributed by atoms with van der Waals surface area (Å²) >= 11 is 0. The van der Waals surface area contributed by atoms with E-state index in [9.17, 15) is 17.6 Å². The van der Waals surface area contributed by atoms with Crippen LogP contribution >= 0.6 is 0 Å². The third-order valence-electron chi connectivity index (χ3n) is 3.80. The SMILES string of the molecule is O=C(Nc1cccc(F)c1)c1ccccc1S(=O)(=O)N1CCOCC1. The van der Waals surface area contributed by atoms with Gasteiger partial charge in [-0.3, -0.25) is 4.79 Å². The molecule has 1 heterocycles. The Morgan fingerprint density at radius 3 is 2.52 bits per heavy atom. The van der Waals surface area contributed by atoms with Crippen molar-refractivity contribution in [2.75, 3.05) is 31.6 Å². The van der Waals surface area contributed by atoms with Crippen LogP contribution in [0, 0.1) is 5.82 Å². The standard InChI is InChI=1S/C17H17FN2O4S/c18-13-4-3-5-14(12-13)19-17(21)15-6-1-2-7-16(15)25(22,23)20-8-10-24-11-9-20/h1-7,12H,8-11H2,(H,19,21). The Morgan fingerprint density at radius 2 is 1.80 bits per heavy atom. The Morgan fingerprint density at radius 1 is 1.08 bits per heavy atom.